The molecule has 5 nitrogen and oxygen atoms in total. The molecular weight excluding hydrogens is 422 g/mol. The Morgan fingerprint density at radius 2 is 1.69 bits per heavy atom. The Hall–Kier alpha value is -3.67. The van der Waals surface area contributed by atoms with Crippen molar-refractivity contribution in [3.05, 3.63) is 124 Å². The molecule has 0 radical (unpaired) electrons. The molecule has 5 rings (SSSR count). The molecule has 32 heavy (non-hydrogen) atoms. The van der Waals surface area contributed by atoms with Crippen LogP contribution in [0.4, 0.5) is 0 Å². The Balaban J connectivity index is 1.82. The number of nitrogens with zero attached hydrogens (tertiary/aromatic N) is 2. The Morgan fingerprint density at radius 1 is 0.969 bits per heavy atom. The Kier molecular flexibility index (Phi) is 4.93. The molecule has 2 heterocycles. The van der Waals surface area contributed by atoms with E-state index in [9.17, 15) is 9.90 Å². The van der Waals surface area contributed by atoms with Crippen LogP contribution in [0.2, 0.25) is 5.02 Å². The summed E-state index contributed by atoms with van der Waals surface area (Å²) in [4.78, 5) is 19.8. The molecule has 0 bridgehead atoms. The van der Waals surface area contributed by atoms with E-state index in [4.69, 9.17) is 11.6 Å². The summed E-state index contributed by atoms with van der Waals surface area (Å²) < 4.78 is 1.61. The molecule has 6 heteroatoms. The molecule has 0 saturated carbocycles. The summed E-state index contributed by atoms with van der Waals surface area (Å²) in [5.74, 6) is 0. The van der Waals surface area contributed by atoms with Gasteiger partial charge in [0.05, 0.1) is 23.7 Å². The van der Waals surface area contributed by atoms with Crippen LogP contribution in [-0.2, 0) is 12.6 Å². The topological polar surface area (TPSA) is 70.9 Å². The first-order valence-electron chi connectivity index (χ1n) is 10.2. The van der Waals surface area contributed by atoms with Crippen molar-refractivity contribution < 1.29 is 5.11 Å². The summed E-state index contributed by atoms with van der Waals surface area (Å²) in [5.41, 5.74) is 2.78. The Labute approximate surface area is 189 Å². The number of H-pyrrole nitrogens is 1. The van der Waals surface area contributed by atoms with Crippen molar-refractivity contribution in [1.82, 2.24) is 14.5 Å². The summed E-state index contributed by atoms with van der Waals surface area (Å²) >= 11 is 6.10. The molecule has 0 amide bonds. The highest BCUT2D eigenvalue weighted by molar-refractivity contribution is 6.30. The predicted octanol–water partition coefficient (Wildman–Crippen LogP) is 4.87. The first-order valence-corrected chi connectivity index (χ1v) is 10.5. The average molecular weight is 442 g/mol. The lowest BCUT2D eigenvalue weighted by molar-refractivity contribution is 0.121. The van der Waals surface area contributed by atoms with E-state index in [-0.39, 0.29) is 5.56 Å². The second-order valence-electron chi connectivity index (χ2n) is 7.74. The van der Waals surface area contributed by atoms with Crippen molar-refractivity contribution in [3.63, 3.8) is 0 Å². The number of aromatic amines is 1. The van der Waals surface area contributed by atoms with Crippen LogP contribution in [0.5, 0.6) is 0 Å². The van der Waals surface area contributed by atoms with Gasteiger partial charge in [-0.3, -0.25) is 4.79 Å². The minimum Gasteiger partial charge on any atom is -0.374 e. The molecule has 0 spiro atoms. The van der Waals surface area contributed by atoms with Crippen molar-refractivity contribution in [3.8, 4) is 11.1 Å². The number of hydrogen-bond donors (Lipinski definition) is 2. The minimum absolute atomic E-state index is 0.0920. The number of hydrogen-bond acceptors (Lipinski definition) is 3. The normalized spacial score (nSPS) is 13.2. The second-order valence-corrected chi connectivity index (χ2v) is 8.17. The van der Waals surface area contributed by atoms with Crippen molar-refractivity contribution in [2.24, 2.45) is 7.05 Å². The SMILES string of the molecule is Cn1c(=O)cc(-c2ccccc2)c2cc(C(O)(c3ccc(Cl)cc3)c3cnc[nH]3)ccc21. The quantitative estimate of drug-likeness (QED) is 0.418. The zero-order chi connectivity index (χ0) is 22.3. The van der Waals surface area contributed by atoms with Crippen LogP contribution in [0.3, 0.4) is 0 Å². The molecule has 0 aliphatic carbocycles. The van der Waals surface area contributed by atoms with Crippen molar-refractivity contribution in [2.45, 2.75) is 5.60 Å². The maximum atomic E-state index is 12.6. The second kappa shape index (κ2) is 7.79. The molecule has 158 valence electrons. The van der Waals surface area contributed by atoms with E-state index < -0.39 is 5.60 Å². The lowest BCUT2D eigenvalue weighted by Crippen LogP contribution is -2.29. The molecular formula is C26H20ClN3O2. The summed E-state index contributed by atoms with van der Waals surface area (Å²) in [6, 6.07) is 24.1. The van der Waals surface area contributed by atoms with Crippen LogP contribution in [-0.4, -0.2) is 19.6 Å². The van der Waals surface area contributed by atoms with Crippen LogP contribution in [0, 0.1) is 0 Å². The van der Waals surface area contributed by atoms with Gasteiger partial charge in [0.1, 0.15) is 0 Å². The first-order chi connectivity index (χ1) is 15.5. The van der Waals surface area contributed by atoms with Crippen molar-refractivity contribution in [2.75, 3.05) is 0 Å². The molecule has 2 aromatic heterocycles. The lowest BCUT2D eigenvalue weighted by Gasteiger charge is -2.29. The van der Waals surface area contributed by atoms with E-state index in [1.807, 2.05) is 48.5 Å². The number of rotatable bonds is 4. The largest absolute Gasteiger partial charge is 0.374 e. The molecule has 0 aliphatic heterocycles. The third-order valence-electron chi connectivity index (χ3n) is 5.90. The van der Waals surface area contributed by atoms with Gasteiger partial charge in [0.25, 0.3) is 5.56 Å². The van der Waals surface area contributed by atoms with Crippen LogP contribution < -0.4 is 5.56 Å². The first kappa shape index (κ1) is 20.2. The third kappa shape index (κ3) is 3.23. The van der Waals surface area contributed by atoms with Crippen LogP contribution in [0.25, 0.3) is 22.0 Å². The highest BCUT2D eigenvalue weighted by Gasteiger charge is 2.35. The van der Waals surface area contributed by atoms with E-state index in [0.29, 0.717) is 21.8 Å². The lowest BCUT2D eigenvalue weighted by atomic mass is 9.82. The molecule has 0 aliphatic rings. The molecule has 0 saturated heterocycles. The van der Waals surface area contributed by atoms with E-state index in [0.717, 1.165) is 22.0 Å². The van der Waals surface area contributed by atoms with Gasteiger partial charge >= 0.3 is 0 Å². The number of imidazole rings is 1. The van der Waals surface area contributed by atoms with Gasteiger partial charge in [0.2, 0.25) is 0 Å². The van der Waals surface area contributed by atoms with Gasteiger partial charge < -0.3 is 14.7 Å². The fourth-order valence-corrected chi connectivity index (χ4v) is 4.29. The number of benzene rings is 3. The maximum Gasteiger partial charge on any atom is 0.251 e. The van der Waals surface area contributed by atoms with Gasteiger partial charge in [0.15, 0.2) is 5.60 Å². The predicted molar refractivity (Wildman–Crippen MR) is 127 cm³/mol. The van der Waals surface area contributed by atoms with E-state index in [1.165, 1.54) is 6.33 Å². The molecule has 2 N–H and O–H groups in total. The maximum absolute atomic E-state index is 12.6. The zero-order valence-corrected chi connectivity index (χ0v) is 18.0. The average Bonchev–Trinajstić information content (AvgIpc) is 3.37. The number of aliphatic hydroxyl groups is 1. The van der Waals surface area contributed by atoms with E-state index in [1.54, 1.807) is 48.1 Å². The molecule has 1 unspecified atom stereocenters. The summed E-state index contributed by atoms with van der Waals surface area (Å²) in [7, 11) is 1.75. The highest BCUT2D eigenvalue weighted by Crippen LogP contribution is 2.38. The number of pyridine rings is 1. The van der Waals surface area contributed by atoms with Crippen molar-refractivity contribution in [1.29, 1.82) is 0 Å². The Bertz CT molecular complexity index is 1460. The van der Waals surface area contributed by atoms with Gasteiger partial charge in [-0.15, -0.1) is 0 Å². The molecule has 5 aromatic rings. The number of aromatic nitrogens is 3. The minimum atomic E-state index is -1.49. The summed E-state index contributed by atoms with van der Waals surface area (Å²) in [5, 5.41) is 13.5. The number of fused-ring (bicyclic) bond motifs is 1. The standard InChI is InChI=1S/C26H20ClN3O2/c1-30-23-12-9-19(13-22(23)21(14-25(30)31)17-5-3-2-4-6-17)26(32,24-15-28-16-29-24)18-7-10-20(27)11-8-18/h2-16,32H,1H3,(H,28,29). The van der Waals surface area contributed by atoms with Gasteiger partial charge in [-0.05, 0) is 46.5 Å². The fraction of sp³-hybridized carbons (Fsp3) is 0.0769. The zero-order valence-electron chi connectivity index (χ0n) is 17.3. The van der Waals surface area contributed by atoms with Crippen LogP contribution in [0.15, 0.2) is 96.2 Å². The van der Waals surface area contributed by atoms with Crippen molar-refractivity contribution >= 4 is 22.5 Å². The Morgan fingerprint density at radius 3 is 2.38 bits per heavy atom. The van der Waals surface area contributed by atoms with Gasteiger partial charge in [0, 0.05) is 23.5 Å². The fourth-order valence-electron chi connectivity index (χ4n) is 4.17. The van der Waals surface area contributed by atoms with E-state index in [2.05, 4.69) is 9.97 Å². The molecule has 1 atom stereocenters. The van der Waals surface area contributed by atoms with Gasteiger partial charge in [-0.25, -0.2) is 4.98 Å². The van der Waals surface area contributed by atoms with Gasteiger partial charge in [-0.2, -0.15) is 0 Å². The van der Waals surface area contributed by atoms with Gasteiger partial charge in [-0.1, -0.05) is 60.1 Å². The molecule has 0 fully saturated rings. The summed E-state index contributed by atoms with van der Waals surface area (Å²) in [6.45, 7) is 0. The number of aryl methyl sites for hydroxylation is 1. The number of halogens is 1. The smallest absolute Gasteiger partial charge is 0.251 e. The highest BCUT2D eigenvalue weighted by atomic mass is 35.5. The van der Waals surface area contributed by atoms with Crippen LogP contribution >= 0.6 is 11.6 Å². The van der Waals surface area contributed by atoms with Crippen LogP contribution in [0.1, 0.15) is 16.8 Å². The third-order valence-corrected chi connectivity index (χ3v) is 6.15. The summed E-state index contributed by atoms with van der Waals surface area (Å²) in [6.07, 6.45) is 3.15. The van der Waals surface area contributed by atoms with E-state index >= 15 is 0 Å². The monoisotopic (exact) mass is 441 g/mol. The molecule has 3 aromatic carbocycles. The number of nitrogens with one attached hydrogen (secondary N) is 1.